The van der Waals surface area contributed by atoms with Crippen molar-refractivity contribution in [2.24, 2.45) is 16.8 Å². The molecule has 14 heteroatoms. The van der Waals surface area contributed by atoms with Crippen molar-refractivity contribution >= 4 is 29.1 Å². The van der Waals surface area contributed by atoms with Crippen LogP contribution < -0.4 is 22.1 Å². The average Bonchev–Trinajstić information content (AvgIpc) is 2.74. The summed E-state index contributed by atoms with van der Waals surface area (Å²) in [6.45, 7) is -0.0184. The van der Waals surface area contributed by atoms with Gasteiger partial charge >= 0.3 is 5.69 Å². The highest BCUT2D eigenvalue weighted by Gasteiger charge is 2.17. The van der Waals surface area contributed by atoms with Crippen LogP contribution in [0.1, 0.15) is 20.7 Å². The van der Waals surface area contributed by atoms with Gasteiger partial charge in [0.15, 0.2) is 5.34 Å². The fourth-order valence-corrected chi connectivity index (χ4v) is 2.32. The van der Waals surface area contributed by atoms with Crippen LogP contribution in [0.25, 0.3) is 0 Å². The summed E-state index contributed by atoms with van der Waals surface area (Å²) in [4.78, 5) is 55.4. The number of hydrogen-bond acceptors (Lipinski definition) is 11. The lowest BCUT2D eigenvalue weighted by Crippen LogP contribution is -2.23. The van der Waals surface area contributed by atoms with Crippen LogP contribution in [0.5, 0.6) is 0 Å². The third-order valence-electron chi connectivity index (χ3n) is 3.79. The predicted octanol–water partition coefficient (Wildman–Crippen LogP) is 0.729. The molecular weight excluding hydrogens is 412 g/mol. The van der Waals surface area contributed by atoms with Crippen molar-refractivity contribution < 1.29 is 19.3 Å². The number of nitrogens with two attached hydrogens (primary N) is 2. The van der Waals surface area contributed by atoms with Crippen molar-refractivity contribution in [2.45, 2.75) is 6.04 Å². The maximum atomic E-state index is 11.2. The van der Waals surface area contributed by atoms with Crippen LogP contribution in [0.15, 0.2) is 48.1 Å². The first-order chi connectivity index (χ1) is 14.8. The van der Waals surface area contributed by atoms with Crippen molar-refractivity contribution in [3.63, 3.8) is 0 Å². The standard InChI is InChI=1S/C17H18N8O6/c18-15(26)10-3-4-14(21-7-10)23-12(9-31-24-28)2-1-5-20-17-13(25(29)30)6-11(8-22-17)16(19)27/h1-4,6-8,12H,5,9H2,(H2,18,26)(H2,19,27)(H,20,22)(H,21,23)/b2-1+. The number of nitrogens with one attached hydrogen (secondary N) is 2. The van der Waals surface area contributed by atoms with Crippen LogP contribution in [0.2, 0.25) is 0 Å². The van der Waals surface area contributed by atoms with Crippen molar-refractivity contribution in [3.05, 3.63) is 68.9 Å². The summed E-state index contributed by atoms with van der Waals surface area (Å²) in [5.41, 5.74) is 9.98. The number of hydrogen-bond donors (Lipinski definition) is 4. The van der Waals surface area contributed by atoms with Gasteiger partial charge in [0, 0.05) is 25.0 Å². The Kier molecular flexibility index (Phi) is 7.89. The molecule has 2 aromatic heterocycles. The summed E-state index contributed by atoms with van der Waals surface area (Å²) in [6.07, 6.45) is 5.60. The van der Waals surface area contributed by atoms with Crippen LogP contribution in [0.3, 0.4) is 0 Å². The summed E-state index contributed by atoms with van der Waals surface area (Å²) in [7, 11) is 0. The molecule has 0 aliphatic heterocycles. The number of anilines is 2. The van der Waals surface area contributed by atoms with Gasteiger partial charge in [-0.1, -0.05) is 12.2 Å². The minimum absolute atomic E-state index is 0.0568. The molecule has 0 saturated carbocycles. The third-order valence-corrected chi connectivity index (χ3v) is 3.79. The molecule has 2 aromatic rings. The van der Waals surface area contributed by atoms with Gasteiger partial charge in [0.1, 0.15) is 12.4 Å². The predicted molar refractivity (Wildman–Crippen MR) is 109 cm³/mol. The summed E-state index contributed by atoms with van der Waals surface area (Å²) >= 11 is 0. The van der Waals surface area contributed by atoms with Gasteiger partial charge in [0.2, 0.25) is 11.7 Å². The average molecular weight is 430 g/mol. The first-order valence-electron chi connectivity index (χ1n) is 8.63. The van der Waals surface area contributed by atoms with E-state index in [0.717, 1.165) is 12.3 Å². The van der Waals surface area contributed by atoms with E-state index in [-0.39, 0.29) is 30.1 Å². The Labute approximate surface area is 174 Å². The van der Waals surface area contributed by atoms with Crippen molar-refractivity contribution in [2.75, 3.05) is 23.8 Å². The highest BCUT2D eigenvalue weighted by atomic mass is 16.7. The second-order valence-corrected chi connectivity index (χ2v) is 5.94. The lowest BCUT2D eigenvalue weighted by Gasteiger charge is -2.14. The Morgan fingerprint density at radius 2 is 1.94 bits per heavy atom. The second kappa shape index (κ2) is 10.8. The fourth-order valence-electron chi connectivity index (χ4n) is 2.32. The van der Waals surface area contributed by atoms with Crippen LogP contribution in [-0.2, 0) is 4.84 Å². The minimum atomic E-state index is -0.836. The van der Waals surface area contributed by atoms with E-state index in [1.807, 2.05) is 0 Å². The van der Waals surface area contributed by atoms with Crippen molar-refractivity contribution in [3.8, 4) is 0 Å². The molecular formula is C17H18N8O6. The molecule has 2 amide bonds. The van der Waals surface area contributed by atoms with Crippen LogP contribution >= 0.6 is 0 Å². The smallest absolute Gasteiger partial charge is 0.312 e. The first-order valence-corrected chi connectivity index (χ1v) is 8.63. The number of nitrogens with zero attached hydrogens (tertiary/aromatic N) is 4. The van der Waals surface area contributed by atoms with Gasteiger partial charge < -0.3 is 26.9 Å². The monoisotopic (exact) mass is 430 g/mol. The molecule has 2 heterocycles. The number of pyridine rings is 2. The lowest BCUT2D eigenvalue weighted by atomic mass is 10.2. The molecule has 0 radical (unpaired) electrons. The molecule has 1 unspecified atom stereocenters. The number of amides is 2. The molecule has 0 saturated heterocycles. The molecule has 0 aliphatic rings. The Hall–Kier alpha value is -4.62. The van der Waals surface area contributed by atoms with E-state index in [4.69, 9.17) is 11.5 Å². The fraction of sp³-hybridized carbons (Fsp3) is 0.176. The lowest BCUT2D eigenvalue weighted by molar-refractivity contribution is -0.384. The van der Waals surface area contributed by atoms with E-state index in [2.05, 4.69) is 30.8 Å². The van der Waals surface area contributed by atoms with Crippen LogP contribution in [-0.4, -0.2) is 45.9 Å². The van der Waals surface area contributed by atoms with Crippen molar-refractivity contribution in [1.82, 2.24) is 9.97 Å². The third kappa shape index (κ3) is 6.74. The first kappa shape index (κ1) is 22.7. The zero-order valence-corrected chi connectivity index (χ0v) is 15.9. The zero-order valence-electron chi connectivity index (χ0n) is 15.9. The molecule has 0 aliphatic carbocycles. The topological polar surface area (TPSA) is 218 Å². The van der Waals surface area contributed by atoms with Gasteiger partial charge in [-0.05, 0) is 12.1 Å². The highest BCUT2D eigenvalue weighted by molar-refractivity contribution is 5.93. The van der Waals surface area contributed by atoms with Gasteiger partial charge in [-0.3, -0.25) is 19.7 Å². The van der Waals surface area contributed by atoms with Crippen LogP contribution in [0, 0.1) is 15.0 Å². The zero-order chi connectivity index (χ0) is 22.8. The molecule has 31 heavy (non-hydrogen) atoms. The number of aromatic nitrogens is 2. The molecule has 2 rings (SSSR count). The maximum absolute atomic E-state index is 11.2. The summed E-state index contributed by atoms with van der Waals surface area (Å²) in [5.74, 6) is -1.14. The Morgan fingerprint density at radius 1 is 1.23 bits per heavy atom. The number of carbonyl (C=O) groups is 2. The highest BCUT2D eigenvalue weighted by Crippen LogP contribution is 2.22. The summed E-state index contributed by atoms with van der Waals surface area (Å²) in [5, 5.41) is 19.2. The molecule has 1 atom stereocenters. The van der Waals surface area contributed by atoms with E-state index in [9.17, 15) is 24.6 Å². The second-order valence-electron chi connectivity index (χ2n) is 5.94. The molecule has 6 N–H and O–H groups in total. The van der Waals surface area contributed by atoms with E-state index in [0.29, 0.717) is 5.82 Å². The summed E-state index contributed by atoms with van der Waals surface area (Å²) < 4.78 is 0. The molecule has 0 spiro atoms. The van der Waals surface area contributed by atoms with Gasteiger partial charge in [-0.2, -0.15) is 0 Å². The quantitative estimate of drug-likeness (QED) is 0.160. The number of rotatable bonds is 12. The van der Waals surface area contributed by atoms with E-state index in [1.165, 1.54) is 18.3 Å². The molecule has 14 nitrogen and oxygen atoms in total. The Morgan fingerprint density at radius 3 is 2.52 bits per heavy atom. The Bertz CT molecular complexity index is 995. The normalized spacial score (nSPS) is 11.5. The van der Waals surface area contributed by atoms with E-state index in [1.54, 1.807) is 12.2 Å². The molecule has 0 fully saturated rings. The Balaban J connectivity index is 2.04. The maximum Gasteiger partial charge on any atom is 0.312 e. The molecule has 0 bridgehead atoms. The van der Waals surface area contributed by atoms with Gasteiger partial charge in [0.05, 0.1) is 22.1 Å². The van der Waals surface area contributed by atoms with Gasteiger partial charge in [-0.25, -0.2) is 9.97 Å². The molecule has 0 aromatic carbocycles. The van der Waals surface area contributed by atoms with Crippen LogP contribution in [0.4, 0.5) is 17.3 Å². The molecule has 162 valence electrons. The SMILES string of the molecule is NC(=O)c1ccc(NC(/C=C/CNc2ncc(C(N)=O)cc2[N+](=O)[O-])CON=O)nc1. The minimum Gasteiger partial charge on any atom is -0.366 e. The van der Waals surface area contributed by atoms with Gasteiger partial charge in [0.25, 0.3) is 5.91 Å². The number of nitro groups is 1. The van der Waals surface area contributed by atoms with E-state index < -0.39 is 28.5 Å². The largest absolute Gasteiger partial charge is 0.366 e. The summed E-state index contributed by atoms with van der Waals surface area (Å²) in [6, 6.07) is 3.46. The van der Waals surface area contributed by atoms with Gasteiger partial charge in [-0.15, -0.1) is 4.91 Å². The van der Waals surface area contributed by atoms with E-state index >= 15 is 0 Å². The van der Waals surface area contributed by atoms with Crippen molar-refractivity contribution in [1.29, 1.82) is 0 Å². The number of carbonyl (C=O) groups excluding carboxylic acids is 2. The number of primary amides is 2.